The van der Waals surface area contributed by atoms with E-state index in [-0.39, 0.29) is 24.0 Å². The van der Waals surface area contributed by atoms with Gasteiger partial charge in [-0.2, -0.15) is 5.10 Å². The number of ether oxygens (including phenoxy) is 2. The van der Waals surface area contributed by atoms with Crippen LogP contribution in [-0.2, 0) is 19.8 Å². The molecule has 7 N–H and O–H groups in total. The Bertz CT molecular complexity index is 1620. The lowest BCUT2D eigenvalue weighted by Gasteiger charge is -2.35. The highest BCUT2D eigenvalue weighted by molar-refractivity contribution is 6.34. The van der Waals surface area contributed by atoms with Crippen molar-refractivity contribution in [3.8, 4) is 11.1 Å². The summed E-state index contributed by atoms with van der Waals surface area (Å²) in [4.78, 5) is 32.5. The van der Waals surface area contributed by atoms with Crippen molar-refractivity contribution in [1.82, 2.24) is 30.8 Å². The van der Waals surface area contributed by atoms with E-state index in [9.17, 15) is 9.59 Å². The first-order valence-corrected chi connectivity index (χ1v) is 15.2. The fourth-order valence-electron chi connectivity index (χ4n) is 6.17. The maximum atomic E-state index is 14.8. The number of carbonyl (C=O) groups excluding carboxylic acids is 2. The summed E-state index contributed by atoms with van der Waals surface area (Å²) in [5.41, 5.74) is 20.6. The van der Waals surface area contributed by atoms with Gasteiger partial charge in [0.25, 0.3) is 5.91 Å². The Kier molecular flexibility index (Phi) is 8.31. The van der Waals surface area contributed by atoms with Crippen LogP contribution in [0.1, 0.15) is 56.0 Å². The standard InChI is InChI=1S/C31H38ClN9O4/c1-30(2,3)16-31(21-7-4-18(5-8-21)20-11-37-40(12-20)22-13-44-14-22)27(42)41(28(33)38-31)25(15-45-29(34)43)19-6-9-24(32)23(10-19)26-35-17-36-39-26/h4-12,22,25,28,36,38H,13-17,33H2,1-3H3,(H2,34,43)(H,35,39)/t25-,28?,31-/m1/s1. The molecule has 0 saturated carbocycles. The average molecular weight is 636 g/mol. The first kappa shape index (κ1) is 31.0. The molecule has 14 heteroatoms. The molecule has 0 radical (unpaired) electrons. The van der Waals surface area contributed by atoms with E-state index >= 15 is 0 Å². The van der Waals surface area contributed by atoms with Gasteiger partial charge in [0.15, 0.2) is 0 Å². The molecule has 13 nitrogen and oxygen atoms in total. The summed E-state index contributed by atoms with van der Waals surface area (Å²) in [6, 6.07) is 12.7. The number of nitrogens with zero attached hydrogens (tertiary/aromatic N) is 4. The third kappa shape index (κ3) is 6.14. The summed E-state index contributed by atoms with van der Waals surface area (Å²) in [5, 5.41) is 8.40. The average Bonchev–Trinajstić information content (AvgIpc) is 3.70. The fourth-order valence-corrected chi connectivity index (χ4v) is 6.38. The predicted molar refractivity (Wildman–Crippen MR) is 169 cm³/mol. The van der Waals surface area contributed by atoms with Gasteiger partial charge in [0.1, 0.15) is 30.9 Å². The van der Waals surface area contributed by atoms with E-state index < -0.39 is 24.0 Å². The number of nitrogens with two attached hydrogens (primary N) is 2. The zero-order chi connectivity index (χ0) is 31.9. The van der Waals surface area contributed by atoms with E-state index in [0.29, 0.717) is 48.3 Å². The largest absolute Gasteiger partial charge is 0.447 e. The number of hydrogen-bond donors (Lipinski definition) is 5. The maximum Gasteiger partial charge on any atom is 0.404 e. The minimum Gasteiger partial charge on any atom is -0.447 e. The van der Waals surface area contributed by atoms with Crippen molar-refractivity contribution in [2.24, 2.45) is 21.9 Å². The lowest BCUT2D eigenvalue weighted by Crippen LogP contribution is -2.49. The number of benzene rings is 2. The molecule has 3 aromatic rings. The van der Waals surface area contributed by atoms with E-state index in [0.717, 1.165) is 16.7 Å². The molecule has 3 aliphatic heterocycles. The van der Waals surface area contributed by atoms with Gasteiger partial charge in [-0.15, -0.1) is 0 Å². The number of hydrogen-bond acceptors (Lipinski definition) is 10. The second-order valence-corrected chi connectivity index (χ2v) is 13.2. The number of carbonyl (C=O) groups is 2. The molecule has 3 aliphatic rings. The lowest BCUT2D eigenvalue weighted by atomic mass is 9.75. The molecule has 6 rings (SSSR count). The molecule has 0 bridgehead atoms. The molecule has 1 aromatic heterocycles. The molecule has 1 unspecified atom stereocenters. The first-order valence-electron chi connectivity index (χ1n) is 14.8. The fraction of sp³-hybridized carbons (Fsp3) is 0.419. The highest BCUT2D eigenvalue weighted by Gasteiger charge is 2.55. The third-order valence-corrected chi connectivity index (χ3v) is 8.60. The van der Waals surface area contributed by atoms with Crippen LogP contribution in [0.5, 0.6) is 0 Å². The van der Waals surface area contributed by atoms with Crippen molar-refractivity contribution >= 4 is 29.4 Å². The molecule has 2 saturated heterocycles. The van der Waals surface area contributed by atoms with Gasteiger partial charge in [0.2, 0.25) is 0 Å². The molecular weight excluding hydrogens is 598 g/mol. The number of amidine groups is 1. The van der Waals surface area contributed by atoms with Crippen LogP contribution in [0.25, 0.3) is 11.1 Å². The summed E-state index contributed by atoms with van der Waals surface area (Å²) in [7, 11) is 0. The van der Waals surface area contributed by atoms with Crippen LogP contribution in [0.4, 0.5) is 4.79 Å². The SMILES string of the molecule is CC(C)(C)C[C@]1(c2ccc(-c3cnn(C4COC4)c3)cc2)NC(N)N([C@H](COC(N)=O)c2ccc(Cl)c(C3=NCNN3)c2)C1=O. The number of aromatic nitrogens is 2. The van der Waals surface area contributed by atoms with Gasteiger partial charge in [-0.1, -0.05) is 62.7 Å². The molecule has 4 heterocycles. The topological polar surface area (TPSA) is 174 Å². The van der Waals surface area contributed by atoms with Crippen LogP contribution < -0.4 is 27.6 Å². The molecule has 2 amide bonds. The summed E-state index contributed by atoms with van der Waals surface area (Å²) in [6.45, 7) is 7.72. The monoisotopic (exact) mass is 635 g/mol. The van der Waals surface area contributed by atoms with E-state index in [2.05, 4.69) is 47.0 Å². The molecule has 0 spiro atoms. The molecular formula is C31H38ClN9O4. The number of rotatable bonds is 9. The molecule has 238 valence electrons. The quantitative estimate of drug-likeness (QED) is 0.237. The second-order valence-electron chi connectivity index (χ2n) is 12.8. The Labute approximate surface area is 266 Å². The van der Waals surface area contributed by atoms with Crippen LogP contribution in [0.2, 0.25) is 5.02 Å². The van der Waals surface area contributed by atoms with E-state index in [4.69, 9.17) is 32.5 Å². The van der Waals surface area contributed by atoms with Crippen molar-refractivity contribution in [3.05, 3.63) is 76.6 Å². The van der Waals surface area contributed by atoms with Crippen LogP contribution in [0.15, 0.2) is 59.9 Å². The van der Waals surface area contributed by atoms with Crippen molar-refractivity contribution in [1.29, 1.82) is 0 Å². The molecule has 2 aromatic carbocycles. The number of halogens is 1. The minimum atomic E-state index is -1.16. The normalized spacial score (nSPS) is 22.6. The van der Waals surface area contributed by atoms with Crippen molar-refractivity contribution in [2.75, 3.05) is 26.5 Å². The zero-order valence-corrected chi connectivity index (χ0v) is 26.2. The predicted octanol–water partition coefficient (Wildman–Crippen LogP) is 2.73. The number of hydrazine groups is 1. The van der Waals surface area contributed by atoms with Crippen molar-refractivity contribution in [2.45, 2.75) is 51.1 Å². The van der Waals surface area contributed by atoms with Gasteiger partial charge in [-0.05, 0) is 40.7 Å². The lowest BCUT2D eigenvalue weighted by molar-refractivity contribution is -0.137. The van der Waals surface area contributed by atoms with Gasteiger partial charge in [0.05, 0.1) is 36.5 Å². The van der Waals surface area contributed by atoms with Crippen molar-refractivity contribution in [3.63, 3.8) is 0 Å². The van der Waals surface area contributed by atoms with Crippen LogP contribution in [0.3, 0.4) is 0 Å². The number of amides is 2. The van der Waals surface area contributed by atoms with Crippen LogP contribution in [0, 0.1) is 5.41 Å². The molecule has 45 heavy (non-hydrogen) atoms. The second kappa shape index (κ2) is 12.1. The first-order chi connectivity index (χ1) is 21.4. The highest BCUT2D eigenvalue weighted by atomic mass is 35.5. The summed E-state index contributed by atoms with van der Waals surface area (Å²) >= 11 is 6.53. The Morgan fingerprint density at radius 1 is 1.20 bits per heavy atom. The van der Waals surface area contributed by atoms with Gasteiger partial charge < -0.3 is 25.5 Å². The zero-order valence-electron chi connectivity index (χ0n) is 25.4. The Morgan fingerprint density at radius 2 is 1.96 bits per heavy atom. The summed E-state index contributed by atoms with van der Waals surface area (Å²) in [5.74, 6) is 0.309. The number of nitrogens with one attached hydrogen (secondary N) is 3. The number of primary amides is 1. The molecule has 0 aliphatic carbocycles. The Hall–Kier alpha value is -4.01. The van der Waals surface area contributed by atoms with Crippen molar-refractivity contribution < 1.29 is 19.1 Å². The minimum absolute atomic E-state index is 0.212. The van der Waals surface area contributed by atoms with E-state index in [1.165, 1.54) is 4.90 Å². The van der Waals surface area contributed by atoms with Crippen LogP contribution in [-0.4, -0.2) is 65.3 Å². The summed E-state index contributed by atoms with van der Waals surface area (Å²) < 4.78 is 12.5. The van der Waals surface area contributed by atoms with E-state index in [1.807, 2.05) is 47.4 Å². The third-order valence-electron chi connectivity index (χ3n) is 8.27. The highest BCUT2D eigenvalue weighted by Crippen LogP contribution is 2.43. The van der Waals surface area contributed by atoms with Gasteiger partial charge >= 0.3 is 6.09 Å². The van der Waals surface area contributed by atoms with Gasteiger partial charge in [-0.25, -0.2) is 15.2 Å². The Morgan fingerprint density at radius 3 is 2.58 bits per heavy atom. The molecule has 3 atom stereocenters. The summed E-state index contributed by atoms with van der Waals surface area (Å²) in [6.07, 6.45) is 2.42. The Balaban J connectivity index is 1.36. The molecule has 2 fully saturated rings. The smallest absolute Gasteiger partial charge is 0.404 e. The maximum absolute atomic E-state index is 14.8. The number of aliphatic imine (C=N–C) groups is 1. The van der Waals surface area contributed by atoms with Crippen LogP contribution >= 0.6 is 11.6 Å². The van der Waals surface area contributed by atoms with Gasteiger partial charge in [-0.3, -0.25) is 20.5 Å². The van der Waals surface area contributed by atoms with Gasteiger partial charge in [0, 0.05) is 17.3 Å². The van der Waals surface area contributed by atoms with E-state index in [1.54, 1.807) is 12.1 Å².